The predicted molar refractivity (Wildman–Crippen MR) is 75.0 cm³/mol. The van der Waals surface area contributed by atoms with Crippen LogP contribution in [0.1, 0.15) is 10.4 Å². The van der Waals surface area contributed by atoms with Crippen LogP contribution in [0.15, 0.2) is 36.4 Å². The minimum atomic E-state index is -0.878. The van der Waals surface area contributed by atoms with Crippen molar-refractivity contribution < 1.29 is 13.6 Å². The molecule has 0 spiro atoms. The van der Waals surface area contributed by atoms with Gasteiger partial charge in [0.2, 0.25) is 0 Å². The number of rotatable bonds is 2. The molecule has 3 nitrogen and oxygen atoms in total. The Morgan fingerprint density at radius 2 is 1.90 bits per heavy atom. The normalized spacial score (nSPS) is 10.4. The number of nitrogens with zero attached hydrogens (tertiary/aromatic N) is 1. The van der Waals surface area contributed by atoms with E-state index >= 15 is 0 Å². The van der Waals surface area contributed by atoms with E-state index in [1.807, 2.05) is 0 Å². The highest BCUT2D eigenvalue weighted by Crippen LogP contribution is 2.23. The first-order chi connectivity index (χ1) is 9.40. The maximum absolute atomic E-state index is 13.7. The lowest BCUT2D eigenvalue weighted by atomic mass is 10.1. The quantitative estimate of drug-likeness (QED) is 0.681. The lowest BCUT2D eigenvalue weighted by Gasteiger charge is -2.18. The van der Waals surface area contributed by atoms with Gasteiger partial charge in [-0.15, -0.1) is 0 Å². The molecule has 104 valence electrons. The van der Waals surface area contributed by atoms with Gasteiger partial charge < -0.3 is 10.6 Å². The minimum Gasteiger partial charge on any atom is -0.399 e. The van der Waals surface area contributed by atoms with Crippen molar-refractivity contribution in [1.82, 2.24) is 0 Å². The second-order valence-electron chi connectivity index (χ2n) is 4.21. The third-order valence-electron chi connectivity index (χ3n) is 2.80. The molecule has 20 heavy (non-hydrogen) atoms. The molecule has 0 aliphatic rings. The highest BCUT2D eigenvalue weighted by atomic mass is 35.5. The summed E-state index contributed by atoms with van der Waals surface area (Å²) < 4.78 is 27.1. The summed E-state index contributed by atoms with van der Waals surface area (Å²) in [5.74, 6) is -2.42. The topological polar surface area (TPSA) is 46.3 Å². The lowest BCUT2D eigenvalue weighted by molar-refractivity contribution is 0.0988. The second kappa shape index (κ2) is 5.46. The molecule has 6 heteroatoms. The van der Waals surface area contributed by atoms with Gasteiger partial charge in [0, 0.05) is 18.4 Å². The first kappa shape index (κ1) is 14.3. The van der Waals surface area contributed by atoms with Crippen LogP contribution in [0.5, 0.6) is 0 Å². The Hall–Kier alpha value is -2.14. The van der Waals surface area contributed by atoms with E-state index in [-0.39, 0.29) is 5.02 Å². The van der Waals surface area contributed by atoms with E-state index < -0.39 is 23.1 Å². The Kier molecular flexibility index (Phi) is 3.90. The Bertz CT molecular complexity index is 676. The number of carbonyl (C=O) groups is 1. The summed E-state index contributed by atoms with van der Waals surface area (Å²) in [6.45, 7) is 0. The third-order valence-corrected chi connectivity index (χ3v) is 3.09. The Labute approximate surface area is 119 Å². The van der Waals surface area contributed by atoms with Crippen molar-refractivity contribution in [3.05, 3.63) is 58.6 Å². The molecule has 0 atom stereocenters. The highest BCUT2D eigenvalue weighted by Gasteiger charge is 2.20. The number of amides is 1. The fourth-order valence-corrected chi connectivity index (χ4v) is 1.87. The number of anilines is 2. The number of benzene rings is 2. The van der Waals surface area contributed by atoms with Gasteiger partial charge >= 0.3 is 0 Å². The molecule has 0 saturated carbocycles. The monoisotopic (exact) mass is 296 g/mol. The van der Waals surface area contributed by atoms with E-state index in [0.717, 1.165) is 12.1 Å². The molecule has 0 radical (unpaired) electrons. The molecule has 0 bridgehead atoms. The van der Waals surface area contributed by atoms with Crippen molar-refractivity contribution in [3.63, 3.8) is 0 Å². The lowest BCUT2D eigenvalue weighted by Crippen LogP contribution is -2.27. The number of nitrogen functional groups attached to an aromatic ring is 1. The van der Waals surface area contributed by atoms with Gasteiger partial charge in [-0.05, 0) is 30.3 Å². The number of nitrogens with two attached hydrogens (primary N) is 1. The van der Waals surface area contributed by atoms with Crippen LogP contribution in [-0.2, 0) is 0 Å². The zero-order valence-electron chi connectivity index (χ0n) is 10.5. The van der Waals surface area contributed by atoms with Crippen LogP contribution in [0.25, 0.3) is 0 Å². The maximum atomic E-state index is 13.7. The fraction of sp³-hybridized carbons (Fsp3) is 0.0714. The van der Waals surface area contributed by atoms with E-state index in [2.05, 4.69) is 0 Å². The average Bonchev–Trinajstić information content (AvgIpc) is 2.41. The van der Waals surface area contributed by atoms with Crippen molar-refractivity contribution in [2.75, 3.05) is 17.7 Å². The summed E-state index contributed by atoms with van der Waals surface area (Å²) in [7, 11) is 1.45. The van der Waals surface area contributed by atoms with Crippen molar-refractivity contribution >= 4 is 28.9 Å². The zero-order chi connectivity index (χ0) is 14.9. The van der Waals surface area contributed by atoms with E-state index in [0.29, 0.717) is 11.4 Å². The van der Waals surface area contributed by atoms with Crippen molar-refractivity contribution in [2.45, 2.75) is 0 Å². The van der Waals surface area contributed by atoms with Crippen LogP contribution in [-0.4, -0.2) is 13.0 Å². The van der Waals surface area contributed by atoms with Gasteiger partial charge in [-0.1, -0.05) is 17.7 Å². The number of halogens is 3. The molecular formula is C14H11ClF2N2O. The number of carbonyl (C=O) groups excluding carboxylic acids is 1. The molecule has 2 aromatic rings. The molecule has 0 heterocycles. The summed E-state index contributed by atoms with van der Waals surface area (Å²) >= 11 is 5.45. The number of hydrogen-bond acceptors (Lipinski definition) is 2. The number of hydrogen-bond donors (Lipinski definition) is 1. The van der Waals surface area contributed by atoms with E-state index in [4.69, 9.17) is 17.3 Å². The predicted octanol–water partition coefficient (Wildman–Crippen LogP) is 3.48. The minimum absolute atomic E-state index is 0.370. The summed E-state index contributed by atoms with van der Waals surface area (Å²) in [5, 5.41) is -0.370. The van der Waals surface area contributed by atoms with Crippen molar-refractivity contribution in [1.29, 1.82) is 0 Å². The van der Waals surface area contributed by atoms with Gasteiger partial charge in [0.1, 0.15) is 11.6 Å². The first-order valence-electron chi connectivity index (χ1n) is 5.68. The average molecular weight is 297 g/mol. The Morgan fingerprint density at radius 3 is 2.55 bits per heavy atom. The molecule has 0 aliphatic carbocycles. The second-order valence-corrected chi connectivity index (χ2v) is 4.61. The molecule has 1 amide bonds. The van der Waals surface area contributed by atoms with E-state index in [1.54, 1.807) is 24.3 Å². The molecule has 0 unspecified atom stereocenters. The van der Waals surface area contributed by atoms with Gasteiger partial charge in [-0.25, -0.2) is 8.78 Å². The summed E-state index contributed by atoms with van der Waals surface area (Å²) in [5.41, 5.74) is 6.17. The van der Waals surface area contributed by atoms with E-state index in [9.17, 15) is 13.6 Å². The first-order valence-corrected chi connectivity index (χ1v) is 6.06. The van der Waals surface area contributed by atoms with Crippen LogP contribution >= 0.6 is 11.6 Å². The van der Waals surface area contributed by atoms with Crippen LogP contribution in [0.4, 0.5) is 20.2 Å². The molecule has 2 N–H and O–H groups in total. The third kappa shape index (κ3) is 2.72. The molecule has 0 aliphatic heterocycles. The van der Waals surface area contributed by atoms with Crippen LogP contribution in [0.2, 0.25) is 5.02 Å². The maximum Gasteiger partial charge on any atom is 0.261 e. The standard InChI is InChI=1S/C14H11ClF2N2O/c1-19(9-4-2-3-8(18)5-9)14(20)10-6-13(17)11(15)7-12(10)16/h2-7H,18H2,1H3. The smallest absolute Gasteiger partial charge is 0.261 e. The van der Waals surface area contributed by atoms with Gasteiger partial charge in [0.25, 0.3) is 5.91 Å². The zero-order valence-corrected chi connectivity index (χ0v) is 11.3. The summed E-state index contributed by atoms with van der Waals surface area (Å²) in [4.78, 5) is 13.4. The molecule has 2 rings (SSSR count). The SMILES string of the molecule is CN(C(=O)c1cc(F)c(Cl)cc1F)c1cccc(N)c1. The molecule has 0 saturated heterocycles. The van der Waals surface area contributed by atoms with Crippen molar-refractivity contribution in [2.24, 2.45) is 0 Å². The van der Waals surface area contributed by atoms with Gasteiger partial charge in [0.05, 0.1) is 10.6 Å². The Morgan fingerprint density at radius 1 is 1.20 bits per heavy atom. The summed E-state index contributed by atoms with van der Waals surface area (Å²) in [6.07, 6.45) is 0. The molecular weight excluding hydrogens is 286 g/mol. The molecule has 2 aromatic carbocycles. The van der Waals surface area contributed by atoms with E-state index in [1.165, 1.54) is 11.9 Å². The van der Waals surface area contributed by atoms with Crippen molar-refractivity contribution in [3.8, 4) is 0 Å². The molecule has 0 aromatic heterocycles. The van der Waals surface area contributed by atoms with Gasteiger partial charge in [0.15, 0.2) is 0 Å². The highest BCUT2D eigenvalue weighted by molar-refractivity contribution is 6.30. The van der Waals surface area contributed by atoms with Gasteiger partial charge in [-0.3, -0.25) is 4.79 Å². The van der Waals surface area contributed by atoms with Crippen LogP contribution in [0, 0.1) is 11.6 Å². The van der Waals surface area contributed by atoms with Crippen LogP contribution < -0.4 is 10.6 Å². The fourth-order valence-electron chi connectivity index (χ4n) is 1.72. The largest absolute Gasteiger partial charge is 0.399 e. The molecule has 0 fully saturated rings. The Balaban J connectivity index is 2.39. The van der Waals surface area contributed by atoms with Gasteiger partial charge in [-0.2, -0.15) is 0 Å². The summed E-state index contributed by atoms with van der Waals surface area (Å²) in [6, 6.07) is 8.07. The van der Waals surface area contributed by atoms with Crippen LogP contribution in [0.3, 0.4) is 0 Å².